The van der Waals surface area contributed by atoms with Gasteiger partial charge in [0.2, 0.25) is 5.91 Å². The molecule has 8 heteroatoms. The van der Waals surface area contributed by atoms with Crippen LogP contribution in [0.4, 0.5) is 5.69 Å². The van der Waals surface area contributed by atoms with Crippen LogP contribution >= 0.6 is 0 Å². The average molecular weight is 445 g/mol. The summed E-state index contributed by atoms with van der Waals surface area (Å²) in [7, 11) is 0. The average Bonchev–Trinajstić information content (AvgIpc) is 3.36. The molecule has 3 aromatic heterocycles. The minimum Gasteiger partial charge on any atom is -0.342 e. The number of nitrogens with one attached hydrogen (secondary N) is 1. The third kappa shape index (κ3) is 4.64. The molecule has 1 N–H and O–H groups in total. The zero-order valence-electron chi connectivity index (χ0n) is 19.4. The first kappa shape index (κ1) is 22.3. The fourth-order valence-corrected chi connectivity index (χ4v) is 3.95. The smallest absolute Gasteiger partial charge is 0.257 e. The fraction of sp³-hybridized carbons (Fsp3) is 0.280. The Bertz CT molecular complexity index is 1300. The van der Waals surface area contributed by atoms with Gasteiger partial charge in [-0.1, -0.05) is 0 Å². The molecule has 4 aromatic rings. The molecule has 0 radical (unpaired) electrons. The first-order valence-electron chi connectivity index (χ1n) is 11.1. The van der Waals surface area contributed by atoms with E-state index < -0.39 is 0 Å². The lowest BCUT2D eigenvalue weighted by molar-refractivity contribution is -0.131. The van der Waals surface area contributed by atoms with Crippen LogP contribution in [0.15, 0.2) is 54.9 Å². The summed E-state index contributed by atoms with van der Waals surface area (Å²) in [6.07, 6.45) is 3.45. The van der Waals surface area contributed by atoms with E-state index in [1.807, 2.05) is 73.7 Å². The summed E-state index contributed by atoms with van der Waals surface area (Å²) in [6, 6.07) is 13.1. The second-order valence-electron chi connectivity index (χ2n) is 7.98. The van der Waals surface area contributed by atoms with Gasteiger partial charge in [-0.15, -0.1) is 0 Å². The highest BCUT2D eigenvalue weighted by Crippen LogP contribution is 2.21. The second-order valence-corrected chi connectivity index (χ2v) is 7.98. The maximum absolute atomic E-state index is 12.7. The van der Waals surface area contributed by atoms with Crippen molar-refractivity contribution in [3.63, 3.8) is 0 Å². The number of nitrogens with zero attached hydrogens (tertiary/aromatic N) is 5. The third-order valence-corrected chi connectivity index (χ3v) is 5.69. The Hall–Kier alpha value is -3.94. The molecular weight excluding hydrogens is 416 g/mol. The summed E-state index contributed by atoms with van der Waals surface area (Å²) in [5.74, 6) is 0.517. The van der Waals surface area contributed by atoms with Gasteiger partial charge in [-0.05, 0) is 70.2 Å². The molecule has 0 atom stereocenters. The molecule has 0 bridgehead atoms. The van der Waals surface area contributed by atoms with E-state index in [-0.39, 0.29) is 11.8 Å². The summed E-state index contributed by atoms with van der Waals surface area (Å²) in [5, 5.41) is 8.30. The topological polar surface area (TPSA) is 85.0 Å². The van der Waals surface area contributed by atoms with Crippen LogP contribution in [-0.4, -0.2) is 49.1 Å². The molecule has 0 saturated carbocycles. The molecule has 0 fully saturated rings. The van der Waals surface area contributed by atoms with Gasteiger partial charge in [-0.25, -0.2) is 9.67 Å². The van der Waals surface area contributed by atoms with Crippen LogP contribution in [0.5, 0.6) is 0 Å². The van der Waals surface area contributed by atoms with Crippen molar-refractivity contribution in [3.8, 4) is 5.82 Å². The maximum Gasteiger partial charge on any atom is 0.257 e. The molecule has 0 aliphatic heterocycles. The van der Waals surface area contributed by atoms with Crippen molar-refractivity contribution in [1.29, 1.82) is 0 Å². The highest BCUT2D eigenvalue weighted by molar-refractivity contribution is 6.05. The normalized spacial score (nSPS) is 11.0. The van der Waals surface area contributed by atoms with E-state index in [4.69, 9.17) is 0 Å². The lowest BCUT2D eigenvalue weighted by atomic mass is 10.2. The van der Waals surface area contributed by atoms with Crippen LogP contribution in [0.3, 0.4) is 0 Å². The maximum atomic E-state index is 12.7. The van der Waals surface area contributed by atoms with E-state index in [2.05, 4.69) is 15.4 Å². The number of hydrogen-bond donors (Lipinski definition) is 1. The van der Waals surface area contributed by atoms with Gasteiger partial charge >= 0.3 is 0 Å². The van der Waals surface area contributed by atoms with Crippen molar-refractivity contribution in [2.45, 2.75) is 34.2 Å². The predicted octanol–water partition coefficient (Wildman–Crippen LogP) is 3.96. The molecule has 1 aromatic carbocycles. The van der Waals surface area contributed by atoms with Crippen molar-refractivity contribution >= 4 is 28.4 Å². The standard InChI is InChI=1S/C25H28N6O2/c1-5-29(6-2)24(32)16-30-12-11-19-14-21(8-9-22(19)30)27-25(33)20-7-10-23(26-15-20)31-18(4)13-17(3)28-31/h7-15H,5-6,16H2,1-4H3,(H,27,33). The second kappa shape index (κ2) is 9.28. The van der Waals surface area contributed by atoms with Crippen molar-refractivity contribution in [2.75, 3.05) is 18.4 Å². The number of amides is 2. The Morgan fingerprint density at radius 2 is 1.82 bits per heavy atom. The van der Waals surface area contributed by atoms with Crippen LogP contribution in [-0.2, 0) is 11.3 Å². The molecule has 8 nitrogen and oxygen atoms in total. The number of carbonyl (C=O) groups excluding carboxylic acids is 2. The van der Waals surface area contributed by atoms with E-state index in [0.29, 0.717) is 36.7 Å². The molecule has 4 rings (SSSR count). The monoisotopic (exact) mass is 444 g/mol. The highest BCUT2D eigenvalue weighted by atomic mass is 16.2. The van der Waals surface area contributed by atoms with Crippen molar-refractivity contribution in [3.05, 3.63) is 71.8 Å². The van der Waals surface area contributed by atoms with Gasteiger partial charge in [0.25, 0.3) is 5.91 Å². The molecule has 0 unspecified atom stereocenters. The summed E-state index contributed by atoms with van der Waals surface area (Å²) in [5.41, 5.74) is 3.99. The Balaban J connectivity index is 1.47. The molecule has 2 amide bonds. The van der Waals surface area contributed by atoms with Crippen LogP contribution in [0.1, 0.15) is 35.6 Å². The number of rotatable bonds is 7. The minimum atomic E-state index is -0.238. The quantitative estimate of drug-likeness (QED) is 0.468. The zero-order chi connectivity index (χ0) is 23.5. The largest absolute Gasteiger partial charge is 0.342 e. The summed E-state index contributed by atoms with van der Waals surface area (Å²) >= 11 is 0. The highest BCUT2D eigenvalue weighted by Gasteiger charge is 2.13. The van der Waals surface area contributed by atoms with Crippen LogP contribution < -0.4 is 5.32 Å². The number of likely N-dealkylation sites (N-methyl/N-ethyl adjacent to an activating group) is 1. The number of anilines is 1. The van der Waals surface area contributed by atoms with E-state index in [0.717, 1.165) is 22.3 Å². The summed E-state index contributed by atoms with van der Waals surface area (Å²) < 4.78 is 3.68. The molecule has 0 saturated heterocycles. The van der Waals surface area contributed by atoms with E-state index in [1.165, 1.54) is 0 Å². The van der Waals surface area contributed by atoms with Gasteiger partial charge in [0.05, 0.1) is 11.3 Å². The lowest BCUT2D eigenvalue weighted by Gasteiger charge is -2.19. The lowest BCUT2D eigenvalue weighted by Crippen LogP contribution is -2.33. The van der Waals surface area contributed by atoms with Crippen LogP contribution in [0, 0.1) is 13.8 Å². The predicted molar refractivity (Wildman–Crippen MR) is 129 cm³/mol. The van der Waals surface area contributed by atoms with Gasteiger partial charge in [-0.3, -0.25) is 9.59 Å². The minimum absolute atomic E-state index is 0.0892. The number of fused-ring (bicyclic) bond motifs is 1. The van der Waals surface area contributed by atoms with Gasteiger partial charge < -0.3 is 14.8 Å². The van der Waals surface area contributed by atoms with Crippen molar-refractivity contribution in [2.24, 2.45) is 0 Å². The van der Waals surface area contributed by atoms with E-state index in [1.54, 1.807) is 23.0 Å². The summed E-state index contributed by atoms with van der Waals surface area (Å²) in [4.78, 5) is 31.4. The molecule has 0 spiro atoms. The number of hydrogen-bond acceptors (Lipinski definition) is 4. The fourth-order valence-electron chi connectivity index (χ4n) is 3.95. The number of carbonyl (C=O) groups is 2. The first-order valence-corrected chi connectivity index (χ1v) is 11.1. The van der Waals surface area contributed by atoms with Crippen LogP contribution in [0.25, 0.3) is 16.7 Å². The van der Waals surface area contributed by atoms with Gasteiger partial charge in [-0.2, -0.15) is 5.10 Å². The Morgan fingerprint density at radius 1 is 1.03 bits per heavy atom. The van der Waals surface area contributed by atoms with Gasteiger partial charge in [0, 0.05) is 47.8 Å². The first-order chi connectivity index (χ1) is 15.9. The molecule has 0 aliphatic carbocycles. The van der Waals surface area contributed by atoms with Crippen molar-refractivity contribution in [1.82, 2.24) is 24.2 Å². The molecule has 33 heavy (non-hydrogen) atoms. The van der Waals surface area contributed by atoms with Crippen molar-refractivity contribution < 1.29 is 9.59 Å². The molecule has 170 valence electrons. The zero-order valence-corrected chi connectivity index (χ0v) is 19.4. The SMILES string of the molecule is CCN(CC)C(=O)Cn1ccc2cc(NC(=O)c3ccc(-n4nc(C)cc4C)nc3)ccc21. The molecular formula is C25H28N6O2. The summed E-state index contributed by atoms with van der Waals surface area (Å²) in [6.45, 7) is 9.54. The Kier molecular flexibility index (Phi) is 6.26. The number of aromatic nitrogens is 4. The number of benzene rings is 1. The molecule has 0 aliphatic rings. The number of aryl methyl sites for hydroxylation is 2. The van der Waals surface area contributed by atoms with E-state index >= 15 is 0 Å². The number of pyridine rings is 1. The third-order valence-electron chi connectivity index (χ3n) is 5.69. The van der Waals surface area contributed by atoms with Gasteiger partial charge in [0.1, 0.15) is 6.54 Å². The molecule has 3 heterocycles. The van der Waals surface area contributed by atoms with Crippen LogP contribution in [0.2, 0.25) is 0 Å². The van der Waals surface area contributed by atoms with Gasteiger partial charge in [0.15, 0.2) is 5.82 Å². The Labute approximate surface area is 192 Å². The Morgan fingerprint density at radius 3 is 2.45 bits per heavy atom. The van der Waals surface area contributed by atoms with E-state index in [9.17, 15) is 9.59 Å².